The van der Waals surface area contributed by atoms with Gasteiger partial charge in [-0.1, -0.05) is 29.8 Å². The van der Waals surface area contributed by atoms with Gasteiger partial charge in [-0.2, -0.15) is 0 Å². The molecule has 0 aliphatic carbocycles. The Morgan fingerprint density at radius 1 is 1.04 bits per heavy atom. The number of aromatic nitrogens is 2. The van der Waals surface area contributed by atoms with Gasteiger partial charge >= 0.3 is 5.69 Å². The summed E-state index contributed by atoms with van der Waals surface area (Å²) in [5, 5.41) is 3.20. The van der Waals surface area contributed by atoms with E-state index in [1.54, 1.807) is 43.5 Å². The van der Waals surface area contributed by atoms with Crippen molar-refractivity contribution >= 4 is 22.5 Å². The van der Waals surface area contributed by atoms with Crippen LogP contribution in [0.4, 0.5) is 5.69 Å². The Bertz CT molecular complexity index is 1100. The van der Waals surface area contributed by atoms with Crippen molar-refractivity contribution in [3.63, 3.8) is 0 Å². The fraction of sp³-hybridized carbons (Fsp3) is 0.286. The van der Waals surface area contributed by atoms with Crippen LogP contribution in [0.5, 0.6) is 0 Å². The Balaban J connectivity index is 1.96. The molecule has 7 nitrogen and oxygen atoms in total. The smallest absolute Gasteiger partial charge is 0.331 e. The number of anilines is 1. The number of hydrogen-bond donors (Lipinski definition) is 1. The summed E-state index contributed by atoms with van der Waals surface area (Å²) in [6, 6.07) is 14.2. The number of fused-ring (bicyclic) bond motifs is 1. The predicted molar refractivity (Wildman–Crippen MR) is 109 cm³/mol. The van der Waals surface area contributed by atoms with E-state index in [2.05, 4.69) is 5.32 Å². The van der Waals surface area contributed by atoms with E-state index in [1.165, 1.54) is 9.13 Å². The molecule has 3 rings (SSSR count). The molecule has 0 fully saturated rings. The summed E-state index contributed by atoms with van der Waals surface area (Å²) < 4.78 is 7.52. The molecule has 1 aromatic heterocycles. The second-order valence-electron chi connectivity index (χ2n) is 6.60. The summed E-state index contributed by atoms with van der Waals surface area (Å²) in [5.41, 5.74) is 1.33. The van der Waals surface area contributed by atoms with Gasteiger partial charge in [-0.05, 0) is 37.6 Å². The Morgan fingerprint density at radius 3 is 2.46 bits per heavy atom. The summed E-state index contributed by atoms with van der Waals surface area (Å²) in [6.45, 7) is 2.45. The zero-order valence-electron chi connectivity index (χ0n) is 16.0. The number of carbonyl (C=O) groups is 1. The van der Waals surface area contributed by atoms with E-state index in [9.17, 15) is 14.4 Å². The first kappa shape index (κ1) is 19.6. The highest BCUT2D eigenvalue weighted by molar-refractivity contribution is 5.91. The maximum absolute atomic E-state index is 12.9. The van der Waals surface area contributed by atoms with Crippen molar-refractivity contribution in [2.75, 3.05) is 19.0 Å². The lowest BCUT2D eigenvalue weighted by Crippen LogP contribution is -2.42. The normalized spacial score (nSPS) is 10.9. The van der Waals surface area contributed by atoms with Gasteiger partial charge in [-0.3, -0.25) is 18.7 Å². The topological polar surface area (TPSA) is 82.3 Å². The maximum atomic E-state index is 12.9. The van der Waals surface area contributed by atoms with Gasteiger partial charge in [0, 0.05) is 25.9 Å². The van der Waals surface area contributed by atoms with Crippen LogP contribution in [0.15, 0.2) is 58.1 Å². The molecule has 3 aromatic rings. The number of aryl methyl sites for hydroxylation is 1. The average Bonchev–Trinajstić information content (AvgIpc) is 2.69. The third-order valence-electron chi connectivity index (χ3n) is 4.50. The van der Waals surface area contributed by atoms with Gasteiger partial charge < -0.3 is 10.1 Å². The number of ether oxygens (including phenoxy) is 1. The molecular weight excluding hydrogens is 358 g/mol. The molecule has 0 radical (unpaired) electrons. The SMILES string of the molecule is COCCCn1c(=O)c2ccccc2n(CC(=O)Nc2ccc(C)cc2)c1=O. The fourth-order valence-electron chi connectivity index (χ4n) is 3.07. The van der Waals surface area contributed by atoms with Gasteiger partial charge in [0.25, 0.3) is 5.56 Å². The van der Waals surface area contributed by atoms with Crippen LogP contribution in [0.2, 0.25) is 0 Å². The van der Waals surface area contributed by atoms with Crippen LogP contribution in [0, 0.1) is 6.92 Å². The first-order valence-corrected chi connectivity index (χ1v) is 9.09. The molecule has 0 aliphatic rings. The third-order valence-corrected chi connectivity index (χ3v) is 4.50. The summed E-state index contributed by atoms with van der Waals surface area (Å²) in [6.07, 6.45) is 0.527. The Labute approximate surface area is 162 Å². The highest BCUT2D eigenvalue weighted by Gasteiger charge is 2.15. The number of nitrogens with zero attached hydrogens (tertiary/aromatic N) is 2. The molecule has 1 heterocycles. The number of hydrogen-bond acceptors (Lipinski definition) is 4. The molecule has 0 saturated carbocycles. The van der Waals surface area contributed by atoms with E-state index < -0.39 is 5.69 Å². The van der Waals surface area contributed by atoms with Crippen molar-refractivity contribution in [1.29, 1.82) is 0 Å². The van der Waals surface area contributed by atoms with Crippen LogP contribution in [0.25, 0.3) is 10.9 Å². The molecule has 1 N–H and O–H groups in total. The van der Waals surface area contributed by atoms with Crippen LogP contribution in [0.3, 0.4) is 0 Å². The lowest BCUT2D eigenvalue weighted by atomic mass is 10.2. The van der Waals surface area contributed by atoms with Crippen molar-refractivity contribution in [2.24, 2.45) is 0 Å². The molecular formula is C21H23N3O4. The van der Waals surface area contributed by atoms with Crippen LogP contribution in [0.1, 0.15) is 12.0 Å². The van der Waals surface area contributed by atoms with E-state index in [-0.39, 0.29) is 24.6 Å². The molecule has 0 bridgehead atoms. The molecule has 0 aliphatic heterocycles. The van der Waals surface area contributed by atoms with Crippen LogP contribution in [-0.2, 0) is 22.6 Å². The van der Waals surface area contributed by atoms with Crippen molar-refractivity contribution in [1.82, 2.24) is 9.13 Å². The monoisotopic (exact) mass is 381 g/mol. The minimum absolute atomic E-state index is 0.183. The summed E-state index contributed by atoms with van der Waals surface area (Å²) in [5.74, 6) is -0.335. The van der Waals surface area contributed by atoms with Crippen molar-refractivity contribution in [3.8, 4) is 0 Å². The van der Waals surface area contributed by atoms with Crippen LogP contribution >= 0.6 is 0 Å². The minimum atomic E-state index is -0.501. The number of methoxy groups -OCH3 is 1. The van der Waals surface area contributed by atoms with Crippen molar-refractivity contribution in [2.45, 2.75) is 26.4 Å². The highest BCUT2D eigenvalue weighted by atomic mass is 16.5. The first-order valence-electron chi connectivity index (χ1n) is 9.09. The Hall–Kier alpha value is -3.19. The van der Waals surface area contributed by atoms with E-state index in [0.29, 0.717) is 29.6 Å². The summed E-state index contributed by atoms with van der Waals surface area (Å²) in [4.78, 5) is 38.2. The average molecular weight is 381 g/mol. The molecule has 0 spiro atoms. The molecule has 0 saturated heterocycles. The molecule has 1 amide bonds. The van der Waals surface area contributed by atoms with Gasteiger partial charge in [0.15, 0.2) is 0 Å². The highest BCUT2D eigenvalue weighted by Crippen LogP contribution is 2.10. The molecule has 0 unspecified atom stereocenters. The first-order chi connectivity index (χ1) is 13.5. The van der Waals surface area contributed by atoms with Crippen LogP contribution in [-0.4, -0.2) is 28.8 Å². The number of amides is 1. The zero-order valence-corrected chi connectivity index (χ0v) is 16.0. The molecule has 2 aromatic carbocycles. The molecule has 7 heteroatoms. The fourth-order valence-corrected chi connectivity index (χ4v) is 3.07. The number of para-hydroxylation sites is 1. The standard InChI is InChI=1S/C21H23N3O4/c1-15-8-10-16(11-9-15)22-19(25)14-24-18-7-4-3-6-17(18)20(26)23(21(24)27)12-5-13-28-2/h3-4,6-11H,5,12-14H2,1-2H3,(H,22,25). The van der Waals surface area contributed by atoms with Gasteiger partial charge in [-0.25, -0.2) is 4.79 Å². The summed E-state index contributed by atoms with van der Waals surface area (Å²) in [7, 11) is 1.57. The van der Waals surface area contributed by atoms with E-state index in [0.717, 1.165) is 5.56 Å². The van der Waals surface area contributed by atoms with E-state index in [1.807, 2.05) is 19.1 Å². The zero-order chi connectivity index (χ0) is 20.1. The molecule has 146 valence electrons. The lowest BCUT2D eigenvalue weighted by Gasteiger charge is -2.14. The van der Waals surface area contributed by atoms with Crippen LogP contribution < -0.4 is 16.6 Å². The quantitative estimate of drug-likeness (QED) is 0.636. The third kappa shape index (κ3) is 4.20. The lowest BCUT2D eigenvalue weighted by molar-refractivity contribution is -0.116. The number of benzene rings is 2. The largest absolute Gasteiger partial charge is 0.385 e. The minimum Gasteiger partial charge on any atom is -0.385 e. The molecule has 28 heavy (non-hydrogen) atoms. The summed E-state index contributed by atoms with van der Waals surface area (Å²) >= 11 is 0. The maximum Gasteiger partial charge on any atom is 0.331 e. The van der Waals surface area contributed by atoms with Crippen molar-refractivity contribution in [3.05, 3.63) is 74.9 Å². The molecule has 0 atom stereocenters. The Kier molecular flexibility index (Phi) is 6.06. The second kappa shape index (κ2) is 8.67. The van der Waals surface area contributed by atoms with Gasteiger partial charge in [0.2, 0.25) is 5.91 Å². The predicted octanol–water partition coefficient (Wildman–Crippen LogP) is 2.15. The van der Waals surface area contributed by atoms with Gasteiger partial charge in [0.05, 0.1) is 10.9 Å². The van der Waals surface area contributed by atoms with E-state index in [4.69, 9.17) is 4.74 Å². The van der Waals surface area contributed by atoms with Gasteiger partial charge in [-0.15, -0.1) is 0 Å². The van der Waals surface area contributed by atoms with Crippen molar-refractivity contribution < 1.29 is 9.53 Å². The number of rotatable bonds is 7. The van der Waals surface area contributed by atoms with E-state index >= 15 is 0 Å². The number of carbonyl (C=O) groups excluding carboxylic acids is 1. The Morgan fingerprint density at radius 2 is 1.75 bits per heavy atom. The van der Waals surface area contributed by atoms with Gasteiger partial charge in [0.1, 0.15) is 6.54 Å². The second-order valence-corrected chi connectivity index (χ2v) is 6.60. The number of nitrogens with one attached hydrogen (secondary N) is 1.